The maximum atomic E-state index is 2.44. The largest absolute Gasteiger partial charge is 0.309 e. The van der Waals surface area contributed by atoms with Crippen LogP contribution in [0, 0.1) is 0 Å². The van der Waals surface area contributed by atoms with Gasteiger partial charge in [0.15, 0.2) is 0 Å². The van der Waals surface area contributed by atoms with Crippen LogP contribution < -0.4 is 0 Å². The Morgan fingerprint density at radius 1 is 0.421 bits per heavy atom. The molecule has 0 aliphatic rings. The number of thiophene rings is 1. The van der Waals surface area contributed by atoms with E-state index >= 15 is 0 Å². The van der Waals surface area contributed by atoms with Gasteiger partial charge in [0.2, 0.25) is 0 Å². The molecule has 0 saturated carbocycles. The summed E-state index contributed by atoms with van der Waals surface area (Å²) in [6.07, 6.45) is 0. The van der Waals surface area contributed by atoms with E-state index in [4.69, 9.17) is 0 Å². The third kappa shape index (κ3) is 3.24. The van der Waals surface area contributed by atoms with Crippen molar-refractivity contribution in [2.24, 2.45) is 0 Å². The molecule has 6 aromatic carbocycles. The number of rotatable bonds is 3. The summed E-state index contributed by atoms with van der Waals surface area (Å²) in [5.74, 6) is 0. The fraction of sp³-hybridized carbons (Fsp3) is 0. The molecule has 2 heterocycles. The monoisotopic (exact) mass is 501 g/mol. The number of benzene rings is 6. The quantitative estimate of drug-likeness (QED) is 0.227. The van der Waals surface area contributed by atoms with Crippen molar-refractivity contribution in [1.29, 1.82) is 0 Å². The average molecular weight is 502 g/mol. The molecular weight excluding hydrogens is 478 g/mol. The lowest BCUT2D eigenvalue weighted by molar-refractivity contribution is 1.18. The van der Waals surface area contributed by atoms with Gasteiger partial charge in [-0.2, -0.15) is 0 Å². The van der Waals surface area contributed by atoms with Crippen LogP contribution in [-0.2, 0) is 0 Å². The molecule has 0 bridgehead atoms. The Labute approximate surface area is 224 Å². The smallest absolute Gasteiger partial charge is 0.0555 e. The molecule has 0 radical (unpaired) electrons. The Bertz CT molecular complexity index is 2110. The highest BCUT2D eigenvalue weighted by Gasteiger charge is 2.18. The van der Waals surface area contributed by atoms with E-state index < -0.39 is 0 Å². The summed E-state index contributed by atoms with van der Waals surface area (Å²) in [5.41, 5.74) is 8.59. The molecule has 8 rings (SSSR count). The summed E-state index contributed by atoms with van der Waals surface area (Å²) < 4.78 is 5.13. The van der Waals surface area contributed by atoms with Crippen molar-refractivity contribution in [2.75, 3.05) is 0 Å². The SMILES string of the molecule is c1ccc(-c2cccc(-n3c4ccc(-c5ccccc5)cc4c4c5sc6ccccc6c5ccc43)c2)cc1. The topological polar surface area (TPSA) is 4.93 Å². The molecule has 0 saturated heterocycles. The predicted molar refractivity (Wildman–Crippen MR) is 165 cm³/mol. The molecular formula is C36H23NS. The first kappa shape index (κ1) is 21.4. The third-order valence-corrected chi connectivity index (χ3v) is 8.80. The molecule has 178 valence electrons. The van der Waals surface area contributed by atoms with Crippen molar-refractivity contribution in [2.45, 2.75) is 0 Å². The van der Waals surface area contributed by atoms with Crippen LogP contribution in [0.4, 0.5) is 0 Å². The van der Waals surface area contributed by atoms with E-state index in [1.54, 1.807) is 0 Å². The van der Waals surface area contributed by atoms with Crippen molar-refractivity contribution in [3.63, 3.8) is 0 Å². The second kappa shape index (κ2) is 8.44. The minimum absolute atomic E-state index is 1.18. The molecule has 0 aliphatic heterocycles. The minimum Gasteiger partial charge on any atom is -0.309 e. The number of fused-ring (bicyclic) bond motifs is 7. The normalized spacial score (nSPS) is 11.7. The lowest BCUT2D eigenvalue weighted by Crippen LogP contribution is -1.94. The maximum Gasteiger partial charge on any atom is 0.0555 e. The summed E-state index contributed by atoms with van der Waals surface area (Å²) in [4.78, 5) is 0. The highest BCUT2D eigenvalue weighted by Crippen LogP contribution is 2.44. The number of aromatic nitrogens is 1. The van der Waals surface area contributed by atoms with Gasteiger partial charge >= 0.3 is 0 Å². The van der Waals surface area contributed by atoms with Gasteiger partial charge in [0.05, 0.1) is 11.0 Å². The second-order valence-electron chi connectivity index (χ2n) is 9.78. The van der Waals surface area contributed by atoms with E-state index in [1.807, 2.05) is 11.3 Å². The predicted octanol–water partition coefficient (Wildman–Crippen LogP) is 10.5. The molecule has 0 N–H and O–H groups in total. The minimum atomic E-state index is 1.18. The van der Waals surface area contributed by atoms with Crippen LogP contribution >= 0.6 is 11.3 Å². The van der Waals surface area contributed by atoms with E-state index in [-0.39, 0.29) is 0 Å². The van der Waals surface area contributed by atoms with Crippen LogP contribution in [0.25, 0.3) is 69.9 Å². The number of hydrogen-bond donors (Lipinski definition) is 0. The Morgan fingerprint density at radius 3 is 1.87 bits per heavy atom. The molecule has 1 nitrogen and oxygen atoms in total. The Balaban J connectivity index is 1.48. The first-order chi connectivity index (χ1) is 18.8. The van der Waals surface area contributed by atoms with Crippen molar-refractivity contribution < 1.29 is 0 Å². The highest BCUT2D eigenvalue weighted by atomic mass is 32.1. The van der Waals surface area contributed by atoms with E-state index in [0.29, 0.717) is 0 Å². The molecule has 0 aliphatic carbocycles. The van der Waals surface area contributed by atoms with Crippen molar-refractivity contribution in [3.05, 3.63) is 140 Å². The fourth-order valence-electron chi connectivity index (χ4n) is 5.83. The summed E-state index contributed by atoms with van der Waals surface area (Å²) in [7, 11) is 0. The van der Waals surface area contributed by atoms with E-state index in [1.165, 1.54) is 69.9 Å². The van der Waals surface area contributed by atoms with Gasteiger partial charge in [-0.25, -0.2) is 0 Å². The lowest BCUT2D eigenvalue weighted by Gasteiger charge is -2.11. The summed E-state index contributed by atoms with van der Waals surface area (Å²) >= 11 is 1.90. The molecule has 8 aromatic rings. The zero-order valence-electron chi connectivity index (χ0n) is 20.6. The van der Waals surface area contributed by atoms with Gasteiger partial charge in [-0.3, -0.25) is 0 Å². The molecule has 0 amide bonds. The zero-order valence-corrected chi connectivity index (χ0v) is 21.5. The molecule has 0 spiro atoms. The van der Waals surface area contributed by atoms with Crippen LogP contribution in [0.2, 0.25) is 0 Å². The fourth-order valence-corrected chi connectivity index (χ4v) is 7.09. The Hall–Kier alpha value is -4.66. The lowest BCUT2D eigenvalue weighted by atomic mass is 10.0. The zero-order chi connectivity index (χ0) is 25.1. The second-order valence-corrected chi connectivity index (χ2v) is 10.8. The van der Waals surface area contributed by atoms with Gasteiger partial charge in [-0.15, -0.1) is 11.3 Å². The van der Waals surface area contributed by atoms with Gasteiger partial charge in [0.1, 0.15) is 0 Å². The number of nitrogens with zero attached hydrogens (tertiary/aromatic N) is 1. The molecule has 0 fully saturated rings. The summed E-state index contributed by atoms with van der Waals surface area (Å²) in [6.45, 7) is 0. The van der Waals surface area contributed by atoms with E-state index in [9.17, 15) is 0 Å². The molecule has 2 heteroatoms. The van der Waals surface area contributed by atoms with Crippen LogP contribution in [-0.4, -0.2) is 4.57 Å². The van der Waals surface area contributed by atoms with Gasteiger partial charge in [0.25, 0.3) is 0 Å². The van der Waals surface area contributed by atoms with E-state index in [0.717, 1.165) is 0 Å². The first-order valence-electron chi connectivity index (χ1n) is 12.9. The maximum absolute atomic E-state index is 2.44. The molecule has 0 unspecified atom stereocenters. The Kier molecular flexibility index (Phi) is 4.76. The van der Waals surface area contributed by atoms with Crippen molar-refractivity contribution in [1.82, 2.24) is 4.57 Å². The molecule has 0 atom stereocenters. The summed E-state index contributed by atoms with van der Waals surface area (Å²) in [6, 6.07) is 50.6. The van der Waals surface area contributed by atoms with Crippen LogP contribution in [0.3, 0.4) is 0 Å². The van der Waals surface area contributed by atoms with Crippen LogP contribution in [0.5, 0.6) is 0 Å². The van der Waals surface area contributed by atoms with Crippen molar-refractivity contribution >= 4 is 53.3 Å². The summed E-state index contributed by atoms with van der Waals surface area (Å²) in [5, 5.41) is 5.30. The third-order valence-electron chi connectivity index (χ3n) is 7.59. The first-order valence-corrected chi connectivity index (χ1v) is 13.8. The van der Waals surface area contributed by atoms with Gasteiger partial charge in [-0.05, 0) is 58.7 Å². The van der Waals surface area contributed by atoms with Gasteiger partial charge in [-0.1, -0.05) is 103 Å². The standard InChI is InChI=1S/C36H23NS/c1-3-10-24(11-4-1)26-14-9-15-28(22-26)37-32-20-18-27(25-12-5-2-6-13-25)23-31(32)35-33(37)21-19-30-29-16-7-8-17-34(29)38-36(30)35/h1-23H. The van der Waals surface area contributed by atoms with E-state index in [2.05, 4.69) is 144 Å². The van der Waals surface area contributed by atoms with Crippen LogP contribution in [0.15, 0.2) is 140 Å². The average Bonchev–Trinajstić information content (AvgIpc) is 3.53. The van der Waals surface area contributed by atoms with Gasteiger partial charge < -0.3 is 4.57 Å². The van der Waals surface area contributed by atoms with Crippen LogP contribution in [0.1, 0.15) is 0 Å². The Morgan fingerprint density at radius 2 is 1.08 bits per heavy atom. The molecule has 38 heavy (non-hydrogen) atoms. The molecule has 2 aromatic heterocycles. The highest BCUT2D eigenvalue weighted by molar-refractivity contribution is 7.26. The van der Waals surface area contributed by atoms with Gasteiger partial charge in [0, 0.05) is 36.6 Å². The number of hydrogen-bond acceptors (Lipinski definition) is 1. The van der Waals surface area contributed by atoms with Crippen molar-refractivity contribution in [3.8, 4) is 27.9 Å².